The fourth-order valence-electron chi connectivity index (χ4n) is 4.84. The van der Waals surface area contributed by atoms with Crippen molar-refractivity contribution in [2.75, 3.05) is 21.3 Å². The summed E-state index contributed by atoms with van der Waals surface area (Å²) in [6.07, 6.45) is 2.06. The number of nitrogens with one attached hydrogen (secondary N) is 1. The van der Waals surface area contributed by atoms with Crippen LogP contribution in [0.1, 0.15) is 40.5 Å². The molecule has 41 heavy (non-hydrogen) atoms. The number of ether oxygens (including phenoxy) is 4. The van der Waals surface area contributed by atoms with Crippen LogP contribution in [-0.4, -0.2) is 79.5 Å². The third kappa shape index (κ3) is 8.15. The summed E-state index contributed by atoms with van der Waals surface area (Å²) in [4.78, 5) is 50.2. The number of fused-ring (bicyclic) bond motifs is 1. The van der Waals surface area contributed by atoms with Gasteiger partial charge in [-0.2, -0.15) is 0 Å². The van der Waals surface area contributed by atoms with Gasteiger partial charge in [-0.25, -0.2) is 4.79 Å². The molecule has 226 valence electrons. The van der Waals surface area contributed by atoms with Crippen molar-refractivity contribution >= 4 is 23.6 Å². The fourth-order valence-corrected chi connectivity index (χ4v) is 4.84. The molecular formula is C29H40N2O10. The molecule has 1 aliphatic carbocycles. The number of hydrogen-bond donors (Lipinski definition) is 4. The number of allylic oxidation sites excluding steroid dienone is 5. The standard InChI is InChI=1S/C29H40N2O10/c1-14-11-18-23(33)21(24(34)25(35)27(18)40-7)31-28(36)15(2)9-8-10-19(38-5)26(41-29(30)37)17(4)13-16(3)22(32)20(12-14)39-6/h8-10,13-14,16,19-20,22,26,32-33H,11-12H2,1-7H3,(H2,30,37)(H,31,36)/b10-8-,15-9+,17-13+/t14-,16+,19+,20+,22-,26+/m1/s1. The molecule has 0 aromatic heterocycles. The molecule has 2 aliphatic rings. The van der Waals surface area contributed by atoms with Gasteiger partial charge in [-0.3, -0.25) is 14.4 Å². The Morgan fingerprint density at radius 3 is 2.29 bits per heavy atom. The van der Waals surface area contributed by atoms with Crippen molar-refractivity contribution < 1.29 is 48.3 Å². The van der Waals surface area contributed by atoms with Crippen molar-refractivity contribution in [3.8, 4) is 0 Å². The minimum atomic E-state index is -1.12. The van der Waals surface area contributed by atoms with Crippen molar-refractivity contribution in [1.82, 2.24) is 5.32 Å². The number of methoxy groups -OCH3 is 3. The SMILES string of the molecule is COC1=C2C[C@@H](C)C[C@H](OC)[C@H](O)[C@@H](C)/C=C(\C)[C@H](OC(N)=O)[C@@H](OC)/C=C\C=C(/C)C(=O)NC(=C2O)C(=O)C1=O. The Bertz CT molecular complexity index is 1200. The van der Waals surface area contributed by atoms with E-state index in [1.807, 2.05) is 6.92 Å². The molecule has 0 aromatic rings. The minimum absolute atomic E-state index is 0.0573. The first-order chi connectivity index (χ1) is 19.3. The molecule has 1 heterocycles. The fraction of sp³-hybridized carbons (Fsp3) is 0.517. The van der Waals surface area contributed by atoms with Crippen LogP contribution >= 0.6 is 0 Å². The van der Waals surface area contributed by atoms with Crippen LogP contribution in [0.25, 0.3) is 0 Å². The molecule has 5 N–H and O–H groups in total. The van der Waals surface area contributed by atoms with Crippen LogP contribution in [0.3, 0.4) is 0 Å². The maximum absolute atomic E-state index is 12.9. The van der Waals surface area contributed by atoms with Gasteiger partial charge in [0, 0.05) is 31.3 Å². The number of ketones is 2. The van der Waals surface area contributed by atoms with Crippen molar-refractivity contribution in [2.24, 2.45) is 17.6 Å². The van der Waals surface area contributed by atoms with Gasteiger partial charge in [0.2, 0.25) is 0 Å². The second kappa shape index (κ2) is 14.8. The average Bonchev–Trinajstić information content (AvgIpc) is 2.92. The first-order valence-electron chi connectivity index (χ1n) is 13.1. The smallest absolute Gasteiger partial charge is 0.405 e. The van der Waals surface area contributed by atoms with Gasteiger partial charge in [-0.05, 0) is 38.2 Å². The van der Waals surface area contributed by atoms with Gasteiger partial charge in [0.25, 0.3) is 17.5 Å². The zero-order valence-electron chi connectivity index (χ0n) is 24.4. The number of nitrogens with two attached hydrogens (primary N) is 1. The zero-order chi connectivity index (χ0) is 31.0. The molecule has 0 radical (unpaired) electrons. The Morgan fingerprint density at radius 1 is 1.07 bits per heavy atom. The Labute approximate surface area is 239 Å². The highest BCUT2D eigenvalue weighted by Gasteiger charge is 2.38. The Kier molecular flexibility index (Phi) is 12.1. The Hall–Kier alpha value is -3.74. The number of hydrogen-bond acceptors (Lipinski definition) is 10. The van der Waals surface area contributed by atoms with E-state index in [0.717, 1.165) is 0 Å². The molecule has 0 aromatic carbocycles. The molecule has 12 nitrogen and oxygen atoms in total. The Morgan fingerprint density at radius 2 is 1.73 bits per heavy atom. The molecule has 2 amide bonds. The van der Waals surface area contributed by atoms with Gasteiger partial charge in [0.05, 0.1) is 19.3 Å². The first kappa shape index (κ1) is 33.5. The summed E-state index contributed by atoms with van der Waals surface area (Å²) < 4.78 is 21.6. The predicted molar refractivity (Wildman–Crippen MR) is 148 cm³/mol. The number of amides is 2. The number of rotatable bonds is 4. The number of carbonyl (C=O) groups is 4. The minimum Gasteiger partial charge on any atom is -0.505 e. The summed E-state index contributed by atoms with van der Waals surface area (Å²) in [5.74, 6) is -4.51. The zero-order valence-corrected chi connectivity index (χ0v) is 24.4. The lowest BCUT2D eigenvalue weighted by molar-refractivity contribution is -0.135. The van der Waals surface area contributed by atoms with Crippen LogP contribution in [0, 0.1) is 11.8 Å². The summed E-state index contributed by atoms with van der Waals surface area (Å²) in [7, 11) is 4.07. The molecule has 1 aliphatic heterocycles. The van der Waals surface area contributed by atoms with Crippen LogP contribution in [-0.2, 0) is 33.3 Å². The van der Waals surface area contributed by atoms with E-state index in [1.54, 1.807) is 19.9 Å². The first-order valence-corrected chi connectivity index (χ1v) is 13.1. The second-order valence-corrected chi connectivity index (χ2v) is 10.2. The van der Waals surface area contributed by atoms with E-state index in [1.165, 1.54) is 46.5 Å². The number of aliphatic hydroxyl groups is 2. The second-order valence-electron chi connectivity index (χ2n) is 10.2. The molecule has 0 spiro atoms. The quantitative estimate of drug-likeness (QED) is 0.220. The van der Waals surface area contributed by atoms with Crippen molar-refractivity contribution in [2.45, 2.75) is 65.0 Å². The molecule has 12 heteroatoms. The van der Waals surface area contributed by atoms with E-state index in [2.05, 4.69) is 5.32 Å². The Balaban J connectivity index is 2.67. The average molecular weight is 577 g/mol. The third-order valence-corrected chi connectivity index (χ3v) is 7.08. The lowest BCUT2D eigenvalue weighted by atomic mass is 9.85. The van der Waals surface area contributed by atoms with Crippen LogP contribution in [0.5, 0.6) is 0 Å². The highest BCUT2D eigenvalue weighted by Crippen LogP contribution is 2.32. The maximum Gasteiger partial charge on any atom is 0.405 e. The molecular weight excluding hydrogens is 536 g/mol. The van der Waals surface area contributed by atoms with Gasteiger partial charge >= 0.3 is 6.09 Å². The third-order valence-electron chi connectivity index (χ3n) is 7.08. The summed E-state index contributed by atoms with van der Waals surface area (Å²) in [6, 6.07) is 0. The van der Waals surface area contributed by atoms with E-state index in [-0.39, 0.29) is 29.2 Å². The number of primary amides is 1. The molecule has 0 saturated heterocycles. The summed E-state index contributed by atoms with van der Waals surface area (Å²) in [5.41, 5.74) is 5.50. The molecule has 2 rings (SSSR count). The van der Waals surface area contributed by atoms with Gasteiger partial charge < -0.3 is 40.2 Å². The lowest BCUT2D eigenvalue weighted by Gasteiger charge is -2.30. The number of carbonyl (C=O) groups excluding carboxylic acids is 4. The molecule has 6 atom stereocenters. The topological polar surface area (TPSA) is 184 Å². The van der Waals surface area contributed by atoms with Gasteiger partial charge in [-0.1, -0.05) is 38.2 Å². The lowest BCUT2D eigenvalue weighted by Crippen LogP contribution is -2.38. The van der Waals surface area contributed by atoms with E-state index < -0.39 is 65.4 Å². The van der Waals surface area contributed by atoms with E-state index in [4.69, 9.17) is 24.7 Å². The van der Waals surface area contributed by atoms with Crippen LogP contribution in [0.4, 0.5) is 4.79 Å². The van der Waals surface area contributed by atoms with Crippen molar-refractivity contribution in [3.63, 3.8) is 0 Å². The number of aliphatic hydroxyl groups excluding tert-OH is 2. The summed E-state index contributed by atoms with van der Waals surface area (Å²) >= 11 is 0. The maximum atomic E-state index is 12.9. The normalized spacial score (nSPS) is 32.4. The van der Waals surface area contributed by atoms with Crippen LogP contribution < -0.4 is 11.1 Å². The van der Waals surface area contributed by atoms with Crippen LogP contribution in [0.15, 0.2) is 58.2 Å². The van der Waals surface area contributed by atoms with Gasteiger partial charge in [-0.15, -0.1) is 0 Å². The van der Waals surface area contributed by atoms with Crippen molar-refractivity contribution in [1.29, 1.82) is 0 Å². The number of Topliss-reactive ketones (excluding diaryl/α,β-unsaturated/α-hetero) is 2. The van der Waals surface area contributed by atoms with E-state index in [0.29, 0.717) is 12.0 Å². The van der Waals surface area contributed by atoms with E-state index in [9.17, 15) is 29.4 Å². The van der Waals surface area contributed by atoms with Gasteiger partial charge in [0.1, 0.15) is 17.6 Å². The molecule has 0 fully saturated rings. The van der Waals surface area contributed by atoms with Crippen molar-refractivity contribution in [3.05, 3.63) is 58.2 Å². The molecule has 0 unspecified atom stereocenters. The molecule has 0 saturated carbocycles. The van der Waals surface area contributed by atoms with Crippen LogP contribution in [0.2, 0.25) is 0 Å². The highest BCUT2D eigenvalue weighted by atomic mass is 16.6. The summed E-state index contributed by atoms with van der Waals surface area (Å²) in [5, 5.41) is 24.5. The summed E-state index contributed by atoms with van der Waals surface area (Å²) in [6.45, 7) is 6.76. The monoisotopic (exact) mass is 576 g/mol. The van der Waals surface area contributed by atoms with E-state index >= 15 is 0 Å². The predicted octanol–water partition coefficient (Wildman–Crippen LogP) is 2.29. The largest absolute Gasteiger partial charge is 0.505 e. The highest BCUT2D eigenvalue weighted by molar-refractivity contribution is 6.50. The molecule has 2 bridgehead atoms. The van der Waals surface area contributed by atoms with Gasteiger partial charge in [0.15, 0.2) is 11.9 Å².